The number of fused-ring (bicyclic) bond motifs is 2. The maximum Gasteiger partial charge on any atom is 0.251 e. The first-order valence-corrected chi connectivity index (χ1v) is 7.74. The second kappa shape index (κ2) is 6.45. The SMILES string of the molecule is O=C(NCCO)c1ccc(NC2CCN3CCC2C3)cc1. The Morgan fingerprint density at radius 1 is 1.24 bits per heavy atom. The number of nitrogens with zero attached hydrogens (tertiary/aromatic N) is 1. The summed E-state index contributed by atoms with van der Waals surface area (Å²) in [5, 5.41) is 15.0. The van der Waals surface area contributed by atoms with Gasteiger partial charge in [0.1, 0.15) is 0 Å². The third kappa shape index (κ3) is 3.36. The van der Waals surface area contributed by atoms with Gasteiger partial charge in [-0.15, -0.1) is 0 Å². The Morgan fingerprint density at radius 3 is 2.76 bits per heavy atom. The van der Waals surface area contributed by atoms with E-state index in [1.807, 2.05) is 24.3 Å². The molecule has 5 nitrogen and oxygen atoms in total. The topological polar surface area (TPSA) is 64.6 Å². The highest BCUT2D eigenvalue weighted by atomic mass is 16.3. The number of aliphatic hydroxyl groups is 1. The van der Waals surface area contributed by atoms with E-state index >= 15 is 0 Å². The van der Waals surface area contributed by atoms with Crippen LogP contribution in [0.1, 0.15) is 23.2 Å². The number of hydrogen-bond acceptors (Lipinski definition) is 4. The second-order valence-electron chi connectivity index (χ2n) is 5.95. The van der Waals surface area contributed by atoms with E-state index in [1.165, 1.54) is 32.5 Å². The molecular weight excluding hydrogens is 266 g/mol. The first-order valence-electron chi connectivity index (χ1n) is 7.74. The molecule has 2 aliphatic heterocycles. The Kier molecular flexibility index (Phi) is 4.41. The van der Waals surface area contributed by atoms with Gasteiger partial charge in [-0.05, 0) is 49.6 Å². The van der Waals surface area contributed by atoms with Gasteiger partial charge in [0.25, 0.3) is 5.91 Å². The summed E-state index contributed by atoms with van der Waals surface area (Å²) in [5.41, 5.74) is 1.71. The Hall–Kier alpha value is -1.59. The molecule has 5 heteroatoms. The molecule has 0 aromatic heterocycles. The highest BCUT2D eigenvalue weighted by Crippen LogP contribution is 2.29. The van der Waals surface area contributed by atoms with Crippen molar-refractivity contribution in [1.82, 2.24) is 10.2 Å². The van der Waals surface area contributed by atoms with Gasteiger partial charge in [-0.3, -0.25) is 4.79 Å². The number of nitrogens with one attached hydrogen (secondary N) is 2. The fraction of sp³-hybridized carbons (Fsp3) is 0.562. The third-order valence-corrected chi connectivity index (χ3v) is 4.53. The maximum atomic E-state index is 11.8. The molecule has 3 atom stereocenters. The van der Waals surface area contributed by atoms with Gasteiger partial charge in [0.2, 0.25) is 0 Å². The standard InChI is InChI=1S/C16H23N3O2/c20-10-7-17-16(21)12-1-3-14(4-2-12)18-15-6-9-19-8-5-13(15)11-19/h1-4,13,15,18,20H,5-11H2,(H,17,21). The van der Waals surface area contributed by atoms with Crippen molar-refractivity contribution in [1.29, 1.82) is 0 Å². The van der Waals surface area contributed by atoms with Crippen molar-refractivity contribution in [2.24, 2.45) is 5.92 Å². The number of aliphatic hydroxyl groups excluding tert-OH is 1. The number of piperidine rings is 1. The van der Waals surface area contributed by atoms with Crippen LogP contribution in [0.2, 0.25) is 0 Å². The number of hydrogen-bond donors (Lipinski definition) is 3. The van der Waals surface area contributed by atoms with E-state index in [2.05, 4.69) is 15.5 Å². The quantitative estimate of drug-likeness (QED) is 0.754. The average Bonchev–Trinajstić information content (AvgIpc) is 2.91. The molecule has 0 aliphatic carbocycles. The summed E-state index contributed by atoms with van der Waals surface area (Å²) in [6.45, 7) is 3.91. The first kappa shape index (κ1) is 14.4. The molecule has 3 N–H and O–H groups in total. The normalized spacial score (nSPS) is 27.4. The Morgan fingerprint density at radius 2 is 2.00 bits per heavy atom. The fourth-order valence-corrected chi connectivity index (χ4v) is 3.34. The minimum absolute atomic E-state index is 0.0362. The van der Waals surface area contributed by atoms with Crippen LogP contribution in [-0.4, -0.2) is 54.7 Å². The lowest BCUT2D eigenvalue weighted by Crippen LogP contribution is -2.39. The molecule has 21 heavy (non-hydrogen) atoms. The summed E-state index contributed by atoms with van der Waals surface area (Å²) < 4.78 is 0. The number of benzene rings is 1. The molecule has 1 amide bonds. The fourth-order valence-electron chi connectivity index (χ4n) is 3.34. The number of rotatable bonds is 5. The van der Waals surface area contributed by atoms with E-state index in [4.69, 9.17) is 5.11 Å². The number of anilines is 1. The number of carbonyl (C=O) groups excluding carboxylic acids is 1. The van der Waals surface area contributed by atoms with E-state index in [1.54, 1.807) is 0 Å². The van der Waals surface area contributed by atoms with Gasteiger partial charge in [-0.2, -0.15) is 0 Å². The van der Waals surface area contributed by atoms with Crippen LogP contribution in [0.4, 0.5) is 5.69 Å². The van der Waals surface area contributed by atoms with Gasteiger partial charge in [0.15, 0.2) is 0 Å². The summed E-state index contributed by atoms with van der Waals surface area (Å²) in [7, 11) is 0. The van der Waals surface area contributed by atoms with Crippen LogP contribution in [0, 0.1) is 5.92 Å². The second-order valence-corrected chi connectivity index (χ2v) is 5.95. The first-order chi connectivity index (χ1) is 10.3. The van der Waals surface area contributed by atoms with Crippen molar-refractivity contribution >= 4 is 11.6 Å². The molecule has 0 spiro atoms. The van der Waals surface area contributed by atoms with Crippen LogP contribution >= 0.6 is 0 Å². The smallest absolute Gasteiger partial charge is 0.251 e. The summed E-state index contributed by atoms with van der Waals surface area (Å²) in [4.78, 5) is 14.3. The van der Waals surface area contributed by atoms with Crippen molar-refractivity contribution < 1.29 is 9.90 Å². The van der Waals surface area contributed by atoms with E-state index in [0.717, 1.165) is 11.6 Å². The number of amides is 1. The Balaban J connectivity index is 1.58. The van der Waals surface area contributed by atoms with Gasteiger partial charge >= 0.3 is 0 Å². The third-order valence-electron chi connectivity index (χ3n) is 4.53. The molecule has 2 heterocycles. The highest BCUT2D eigenvalue weighted by Gasteiger charge is 2.33. The molecule has 2 aliphatic rings. The lowest BCUT2D eigenvalue weighted by atomic mass is 9.94. The molecule has 2 saturated heterocycles. The van der Waals surface area contributed by atoms with Gasteiger partial charge in [0, 0.05) is 36.9 Å². The summed E-state index contributed by atoms with van der Waals surface area (Å²) in [6.07, 6.45) is 2.49. The van der Waals surface area contributed by atoms with Crippen molar-refractivity contribution in [2.75, 3.05) is 38.1 Å². The van der Waals surface area contributed by atoms with Crippen LogP contribution < -0.4 is 10.6 Å². The van der Waals surface area contributed by atoms with Crippen LogP contribution in [0.25, 0.3) is 0 Å². The van der Waals surface area contributed by atoms with Gasteiger partial charge < -0.3 is 20.6 Å². The average molecular weight is 289 g/mol. The molecule has 2 fully saturated rings. The van der Waals surface area contributed by atoms with E-state index in [-0.39, 0.29) is 12.5 Å². The molecule has 114 valence electrons. The van der Waals surface area contributed by atoms with E-state index in [9.17, 15) is 4.79 Å². The largest absolute Gasteiger partial charge is 0.395 e. The molecule has 2 bridgehead atoms. The van der Waals surface area contributed by atoms with Crippen LogP contribution in [-0.2, 0) is 0 Å². The number of carbonyl (C=O) groups is 1. The molecule has 0 radical (unpaired) electrons. The zero-order valence-electron chi connectivity index (χ0n) is 12.2. The lowest BCUT2D eigenvalue weighted by molar-refractivity contribution is 0.0945. The van der Waals surface area contributed by atoms with Crippen LogP contribution in [0.3, 0.4) is 0 Å². The van der Waals surface area contributed by atoms with Crippen molar-refractivity contribution in [3.8, 4) is 0 Å². The minimum atomic E-state index is -0.139. The molecule has 1 aromatic rings. The Labute approximate surface area is 125 Å². The minimum Gasteiger partial charge on any atom is -0.395 e. The molecule has 3 unspecified atom stereocenters. The zero-order chi connectivity index (χ0) is 14.7. The predicted octanol–water partition coefficient (Wildman–Crippen LogP) is 0.915. The summed E-state index contributed by atoms with van der Waals surface area (Å²) in [6, 6.07) is 8.15. The van der Waals surface area contributed by atoms with Crippen molar-refractivity contribution in [2.45, 2.75) is 18.9 Å². The van der Waals surface area contributed by atoms with Gasteiger partial charge in [-0.25, -0.2) is 0 Å². The van der Waals surface area contributed by atoms with Gasteiger partial charge in [-0.1, -0.05) is 0 Å². The lowest BCUT2D eigenvalue weighted by Gasteiger charge is -2.31. The molecule has 3 rings (SSSR count). The van der Waals surface area contributed by atoms with E-state index < -0.39 is 0 Å². The highest BCUT2D eigenvalue weighted by molar-refractivity contribution is 5.94. The van der Waals surface area contributed by atoms with Crippen molar-refractivity contribution in [3.05, 3.63) is 29.8 Å². The van der Waals surface area contributed by atoms with Crippen LogP contribution in [0.5, 0.6) is 0 Å². The summed E-state index contributed by atoms with van der Waals surface area (Å²) in [5.74, 6) is 0.617. The molecular formula is C16H23N3O2. The zero-order valence-corrected chi connectivity index (χ0v) is 12.2. The Bertz CT molecular complexity index is 489. The molecule has 0 saturated carbocycles. The van der Waals surface area contributed by atoms with Crippen LogP contribution in [0.15, 0.2) is 24.3 Å². The molecule has 1 aromatic carbocycles. The monoisotopic (exact) mass is 289 g/mol. The maximum absolute atomic E-state index is 11.8. The van der Waals surface area contributed by atoms with Crippen molar-refractivity contribution in [3.63, 3.8) is 0 Å². The van der Waals surface area contributed by atoms with Gasteiger partial charge in [0.05, 0.1) is 6.61 Å². The van der Waals surface area contributed by atoms with E-state index in [0.29, 0.717) is 18.2 Å². The predicted molar refractivity (Wildman–Crippen MR) is 82.4 cm³/mol. The summed E-state index contributed by atoms with van der Waals surface area (Å²) >= 11 is 0.